The Bertz CT molecular complexity index is 782. The average Bonchev–Trinajstić information content (AvgIpc) is 3.26. The minimum atomic E-state index is -0.592. The van der Waals surface area contributed by atoms with Gasteiger partial charge >= 0.3 is 5.97 Å². The molecule has 0 atom stereocenters. The number of amides is 1. The van der Waals surface area contributed by atoms with Crippen LogP contribution in [0.25, 0.3) is 0 Å². The molecule has 7 nitrogen and oxygen atoms in total. The standard InChI is InChI=1S/C18H19N3O4S/c1-24-16(22)10-15-17(23)20-18(26-15)21-19-11-12-6-2-5-9-14(12)25-13-7-3-4-8-13/h2,5-6,9-11,13H,3-4,7-8H2,1H3,(H,20,21,23)/b15-10+,19-11?. The maximum atomic E-state index is 11.8. The quantitative estimate of drug-likeness (QED) is 0.371. The van der Waals surface area contributed by atoms with Crippen LogP contribution in [0.1, 0.15) is 31.2 Å². The highest BCUT2D eigenvalue weighted by Gasteiger charge is 2.25. The Balaban J connectivity index is 1.67. The van der Waals surface area contributed by atoms with Crippen molar-refractivity contribution in [1.82, 2.24) is 5.32 Å². The molecule has 1 saturated carbocycles. The van der Waals surface area contributed by atoms with Gasteiger partial charge in [0.05, 0.1) is 24.3 Å². The summed E-state index contributed by atoms with van der Waals surface area (Å²) in [6.07, 6.45) is 7.52. The normalized spacial score (nSPS) is 20.9. The highest BCUT2D eigenvalue weighted by molar-refractivity contribution is 8.18. The average molecular weight is 373 g/mol. The molecule has 1 amide bonds. The van der Waals surface area contributed by atoms with Crippen molar-refractivity contribution >= 4 is 35.0 Å². The van der Waals surface area contributed by atoms with Crippen LogP contribution in [0.4, 0.5) is 0 Å². The minimum absolute atomic E-state index is 0.218. The number of hydrogen-bond acceptors (Lipinski definition) is 7. The molecule has 1 aromatic carbocycles. The van der Waals surface area contributed by atoms with Crippen molar-refractivity contribution in [3.8, 4) is 5.75 Å². The maximum Gasteiger partial charge on any atom is 0.331 e. The molecular weight excluding hydrogens is 354 g/mol. The molecule has 26 heavy (non-hydrogen) atoms. The first kappa shape index (κ1) is 18.2. The van der Waals surface area contributed by atoms with E-state index in [9.17, 15) is 9.59 Å². The van der Waals surface area contributed by atoms with Crippen LogP contribution in [0.15, 0.2) is 45.4 Å². The first-order valence-electron chi connectivity index (χ1n) is 8.31. The molecular formula is C18H19N3O4S. The van der Waals surface area contributed by atoms with E-state index in [-0.39, 0.29) is 11.0 Å². The largest absolute Gasteiger partial charge is 0.490 e. The lowest BCUT2D eigenvalue weighted by atomic mass is 10.2. The molecule has 0 spiro atoms. The summed E-state index contributed by atoms with van der Waals surface area (Å²) < 4.78 is 10.6. The molecule has 0 radical (unpaired) electrons. The van der Waals surface area contributed by atoms with Gasteiger partial charge in [0, 0.05) is 11.6 Å². The molecule has 8 heteroatoms. The fourth-order valence-electron chi connectivity index (χ4n) is 2.66. The number of carbonyl (C=O) groups is 2. The van der Waals surface area contributed by atoms with Gasteiger partial charge in [-0.3, -0.25) is 10.1 Å². The van der Waals surface area contributed by atoms with Gasteiger partial charge in [0.25, 0.3) is 5.91 Å². The monoisotopic (exact) mass is 373 g/mol. The third-order valence-electron chi connectivity index (χ3n) is 3.96. The van der Waals surface area contributed by atoms with Crippen molar-refractivity contribution in [3.05, 3.63) is 40.8 Å². The van der Waals surface area contributed by atoms with Gasteiger partial charge < -0.3 is 9.47 Å². The Labute approximate surface area is 155 Å². The molecule has 0 unspecified atom stereocenters. The van der Waals surface area contributed by atoms with Gasteiger partial charge in [0.15, 0.2) is 5.17 Å². The lowest BCUT2D eigenvalue weighted by Gasteiger charge is -2.14. The number of esters is 1. The van der Waals surface area contributed by atoms with E-state index < -0.39 is 11.9 Å². The molecule has 2 aliphatic rings. The lowest BCUT2D eigenvalue weighted by Crippen LogP contribution is -2.19. The van der Waals surface area contributed by atoms with Crippen LogP contribution in [0.2, 0.25) is 0 Å². The van der Waals surface area contributed by atoms with Gasteiger partial charge in [-0.1, -0.05) is 12.1 Å². The summed E-state index contributed by atoms with van der Waals surface area (Å²) in [6.45, 7) is 0. The summed E-state index contributed by atoms with van der Waals surface area (Å²) in [4.78, 5) is 23.2. The van der Waals surface area contributed by atoms with Crippen LogP contribution in [-0.4, -0.2) is 36.5 Å². The number of methoxy groups -OCH3 is 1. The van der Waals surface area contributed by atoms with Gasteiger partial charge in [-0.05, 0) is 49.6 Å². The van der Waals surface area contributed by atoms with Crippen molar-refractivity contribution in [2.45, 2.75) is 31.8 Å². The number of ether oxygens (including phenoxy) is 2. The fourth-order valence-corrected chi connectivity index (χ4v) is 3.40. The third-order valence-corrected chi connectivity index (χ3v) is 4.86. The minimum Gasteiger partial charge on any atom is -0.490 e. The van der Waals surface area contributed by atoms with Crippen LogP contribution in [0.3, 0.4) is 0 Å². The van der Waals surface area contributed by atoms with E-state index in [1.165, 1.54) is 20.0 Å². The van der Waals surface area contributed by atoms with Crippen molar-refractivity contribution in [3.63, 3.8) is 0 Å². The van der Waals surface area contributed by atoms with E-state index in [0.29, 0.717) is 5.17 Å². The van der Waals surface area contributed by atoms with Gasteiger partial charge in [-0.25, -0.2) is 4.79 Å². The molecule has 1 heterocycles. The number of nitrogens with zero attached hydrogens (tertiary/aromatic N) is 2. The fraction of sp³-hybridized carbons (Fsp3) is 0.333. The number of thioether (sulfide) groups is 1. The Morgan fingerprint density at radius 2 is 2.08 bits per heavy atom. The second-order valence-corrected chi connectivity index (χ2v) is 6.83. The molecule has 1 aromatic rings. The predicted octanol–water partition coefficient (Wildman–Crippen LogP) is 2.62. The smallest absolute Gasteiger partial charge is 0.331 e. The molecule has 136 valence electrons. The van der Waals surface area contributed by atoms with E-state index >= 15 is 0 Å². The summed E-state index contributed by atoms with van der Waals surface area (Å²) in [6, 6.07) is 7.64. The first-order valence-corrected chi connectivity index (χ1v) is 9.13. The van der Waals surface area contributed by atoms with Gasteiger partial charge in [0.2, 0.25) is 0 Å². The van der Waals surface area contributed by atoms with Crippen molar-refractivity contribution in [1.29, 1.82) is 0 Å². The Kier molecular flexibility index (Phi) is 6.06. The zero-order valence-corrected chi connectivity index (χ0v) is 15.1. The van der Waals surface area contributed by atoms with Gasteiger partial charge in [-0.2, -0.15) is 5.10 Å². The third kappa shape index (κ3) is 4.72. The number of carbonyl (C=O) groups excluding carboxylic acids is 2. The zero-order valence-electron chi connectivity index (χ0n) is 14.3. The number of nitrogens with one attached hydrogen (secondary N) is 1. The Morgan fingerprint density at radius 3 is 2.85 bits per heavy atom. The van der Waals surface area contributed by atoms with Gasteiger partial charge in [-0.15, -0.1) is 5.10 Å². The highest BCUT2D eigenvalue weighted by Crippen LogP contribution is 2.26. The number of hydrogen-bond donors (Lipinski definition) is 1. The Morgan fingerprint density at radius 1 is 1.31 bits per heavy atom. The number of amidine groups is 1. The molecule has 0 aromatic heterocycles. The van der Waals surface area contributed by atoms with Crippen LogP contribution in [0.5, 0.6) is 5.75 Å². The summed E-state index contributed by atoms with van der Waals surface area (Å²) in [7, 11) is 1.25. The first-order chi connectivity index (χ1) is 12.7. The van der Waals surface area contributed by atoms with Crippen LogP contribution in [0, 0.1) is 0 Å². The highest BCUT2D eigenvalue weighted by atomic mass is 32.2. The topological polar surface area (TPSA) is 89.3 Å². The van der Waals surface area contributed by atoms with E-state index in [1.807, 2.05) is 24.3 Å². The molecule has 1 N–H and O–H groups in total. The van der Waals surface area contributed by atoms with E-state index in [2.05, 4.69) is 20.3 Å². The zero-order chi connectivity index (χ0) is 18.4. The predicted molar refractivity (Wildman–Crippen MR) is 100 cm³/mol. The Hall–Kier alpha value is -2.61. The van der Waals surface area contributed by atoms with E-state index in [1.54, 1.807) is 6.21 Å². The number of benzene rings is 1. The second kappa shape index (κ2) is 8.66. The molecule has 1 aliphatic heterocycles. The second-order valence-electron chi connectivity index (χ2n) is 5.80. The summed E-state index contributed by atoms with van der Waals surface area (Å²) >= 11 is 1.03. The summed E-state index contributed by atoms with van der Waals surface area (Å²) in [5, 5.41) is 10.9. The molecule has 3 rings (SSSR count). The summed E-state index contributed by atoms with van der Waals surface area (Å²) in [5.41, 5.74) is 0.823. The van der Waals surface area contributed by atoms with Crippen molar-refractivity contribution < 1.29 is 19.1 Å². The van der Waals surface area contributed by atoms with Crippen LogP contribution < -0.4 is 10.1 Å². The van der Waals surface area contributed by atoms with Crippen LogP contribution in [-0.2, 0) is 14.3 Å². The molecule has 2 fully saturated rings. The maximum absolute atomic E-state index is 11.8. The molecule has 1 saturated heterocycles. The molecule has 1 aliphatic carbocycles. The molecule has 0 bridgehead atoms. The SMILES string of the molecule is COC(=O)/C=C1/S/C(=N\N=Cc2ccccc2OC2CCCC2)NC1=O. The number of rotatable bonds is 5. The van der Waals surface area contributed by atoms with Crippen LogP contribution >= 0.6 is 11.8 Å². The van der Waals surface area contributed by atoms with Gasteiger partial charge in [0.1, 0.15) is 5.75 Å². The van der Waals surface area contributed by atoms with Crippen molar-refractivity contribution in [2.24, 2.45) is 10.2 Å². The van der Waals surface area contributed by atoms with E-state index in [4.69, 9.17) is 4.74 Å². The lowest BCUT2D eigenvalue weighted by molar-refractivity contribution is -0.135. The van der Waals surface area contributed by atoms with E-state index in [0.717, 1.165) is 42.0 Å². The summed E-state index contributed by atoms with van der Waals surface area (Å²) in [5.74, 6) is -0.220. The number of para-hydroxylation sites is 1. The van der Waals surface area contributed by atoms with Crippen molar-refractivity contribution in [2.75, 3.05) is 7.11 Å².